The molecule has 0 bridgehead atoms. The number of hydrogen-bond donors (Lipinski definition) is 1. The summed E-state index contributed by atoms with van der Waals surface area (Å²) >= 11 is 1.43. The van der Waals surface area contributed by atoms with Crippen molar-refractivity contribution >= 4 is 11.3 Å². The predicted molar refractivity (Wildman–Crippen MR) is 124 cm³/mol. The topological polar surface area (TPSA) is 46.0 Å². The van der Waals surface area contributed by atoms with Crippen LogP contribution in [-0.4, -0.2) is 20.7 Å². The summed E-state index contributed by atoms with van der Waals surface area (Å²) in [7, 11) is 0. The van der Waals surface area contributed by atoms with E-state index < -0.39 is 17.5 Å². The first-order valence-corrected chi connectivity index (χ1v) is 11.4. The minimum atomic E-state index is -4.47. The van der Waals surface area contributed by atoms with Gasteiger partial charge in [-0.05, 0) is 48.9 Å². The van der Waals surface area contributed by atoms with Gasteiger partial charge in [-0.1, -0.05) is 54.6 Å². The number of alkyl halides is 3. The van der Waals surface area contributed by atoms with Crippen LogP contribution in [0.25, 0.3) is 32.3 Å². The number of rotatable bonds is 4. The molecule has 2 heterocycles. The molecule has 0 unspecified atom stereocenters. The van der Waals surface area contributed by atoms with Gasteiger partial charge in [-0.25, -0.2) is 4.98 Å². The van der Waals surface area contributed by atoms with Crippen molar-refractivity contribution in [1.29, 1.82) is 0 Å². The minimum Gasteiger partial charge on any atom is -0.390 e. The molecular formula is C26H21F3N2OS. The molecule has 2 aromatic heterocycles. The van der Waals surface area contributed by atoms with Gasteiger partial charge in [-0.15, -0.1) is 11.3 Å². The number of hydrogen-bond acceptors (Lipinski definition) is 4. The highest BCUT2D eigenvalue weighted by atomic mass is 32.1. The zero-order chi connectivity index (χ0) is 23.2. The highest BCUT2D eigenvalue weighted by Crippen LogP contribution is 2.45. The lowest BCUT2D eigenvalue weighted by atomic mass is 9.69. The van der Waals surface area contributed by atoms with E-state index in [0.717, 1.165) is 40.6 Å². The lowest BCUT2D eigenvalue weighted by Crippen LogP contribution is -2.39. The third kappa shape index (κ3) is 4.43. The number of aliphatic hydroxyl groups is 1. The van der Waals surface area contributed by atoms with E-state index in [4.69, 9.17) is 4.98 Å². The molecule has 4 aromatic rings. The Balaban J connectivity index is 1.52. The minimum absolute atomic E-state index is 0.354. The van der Waals surface area contributed by atoms with E-state index in [1.807, 2.05) is 49.4 Å². The van der Waals surface area contributed by atoms with Crippen molar-refractivity contribution in [3.8, 4) is 32.3 Å². The van der Waals surface area contributed by atoms with Crippen LogP contribution in [0.2, 0.25) is 0 Å². The fraction of sp³-hybridized carbons (Fsp3) is 0.231. The predicted octanol–water partition coefficient (Wildman–Crippen LogP) is 7.19. The molecule has 5 rings (SSSR count). The SMILES string of the molecule is C[C@]1(O)C[C@@H](c2ccc(-c3nc(-c4ccc(C(F)(F)F)nc4)sc3-c3ccccc3)cc2)C1. The number of benzene rings is 2. The summed E-state index contributed by atoms with van der Waals surface area (Å²) in [5, 5.41) is 10.7. The molecule has 0 saturated heterocycles. The van der Waals surface area contributed by atoms with Crippen molar-refractivity contribution < 1.29 is 18.3 Å². The second kappa shape index (κ2) is 8.08. The molecule has 1 fully saturated rings. The summed E-state index contributed by atoms with van der Waals surface area (Å²) in [6.45, 7) is 1.86. The van der Waals surface area contributed by atoms with Gasteiger partial charge >= 0.3 is 6.18 Å². The molecule has 1 N–H and O–H groups in total. The Labute approximate surface area is 193 Å². The molecular weight excluding hydrogens is 445 g/mol. The van der Waals surface area contributed by atoms with E-state index in [-0.39, 0.29) is 0 Å². The Morgan fingerprint density at radius 1 is 0.909 bits per heavy atom. The smallest absolute Gasteiger partial charge is 0.390 e. The van der Waals surface area contributed by atoms with E-state index >= 15 is 0 Å². The van der Waals surface area contributed by atoms with Crippen LogP contribution in [0.15, 0.2) is 72.9 Å². The number of aromatic nitrogens is 2. The highest BCUT2D eigenvalue weighted by Gasteiger charge is 2.39. The first-order valence-electron chi connectivity index (χ1n) is 10.6. The zero-order valence-electron chi connectivity index (χ0n) is 17.8. The Hall–Kier alpha value is -3.03. The van der Waals surface area contributed by atoms with Gasteiger partial charge in [0.15, 0.2) is 0 Å². The Morgan fingerprint density at radius 2 is 1.58 bits per heavy atom. The third-order valence-electron chi connectivity index (χ3n) is 5.99. The number of halogens is 3. The molecule has 3 nitrogen and oxygen atoms in total. The van der Waals surface area contributed by atoms with E-state index in [0.29, 0.717) is 16.5 Å². The van der Waals surface area contributed by atoms with Crippen LogP contribution in [0.4, 0.5) is 13.2 Å². The summed E-state index contributed by atoms with van der Waals surface area (Å²) in [5.74, 6) is 0.354. The fourth-order valence-corrected chi connectivity index (χ4v) is 5.35. The molecule has 0 aliphatic heterocycles. The first-order chi connectivity index (χ1) is 15.7. The molecule has 0 atom stereocenters. The van der Waals surface area contributed by atoms with Gasteiger partial charge < -0.3 is 5.11 Å². The Bertz CT molecular complexity index is 1260. The lowest BCUT2D eigenvalue weighted by molar-refractivity contribution is -0.141. The summed E-state index contributed by atoms with van der Waals surface area (Å²) in [5.41, 5.74) is 2.95. The quantitative estimate of drug-likeness (QED) is 0.346. The largest absolute Gasteiger partial charge is 0.433 e. The Kier molecular flexibility index (Phi) is 5.34. The van der Waals surface area contributed by atoms with Gasteiger partial charge in [0, 0.05) is 17.3 Å². The molecule has 7 heteroatoms. The summed E-state index contributed by atoms with van der Waals surface area (Å²) < 4.78 is 38.7. The van der Waals surface area contributed by atoms with Crippen molar-refractivity contribution in [3.05, 3.63) is 84.2 Å². The molecule has 0 amide bonds. The molecule has 2 aromatic carbocycles. The summed E-state index contributed by atoms with van der Waals surface area (Å²) in [4.78, 5) is 9.35. The highest BCUT2D eigenvalue weighted by molar-refractivity contribution is 7.19. The van der Waals surface area contributed by atoms with Gasteiger partial charge in [0.2, 0.25) is 0 Å². The van der Waals surface area contributed by atoms with E-state index in [1.54, 1.807) is 0 Å². The van der Waals surface area contributed by atoms with Crippen molar-refractivity contribution in [2.24, 2.45) is 0 Å². The average molecular weight is 467 g/mol. The van der Waals surface area contributed by atoms with Gasteiger partial charge in [0.05, 0.1) is 16.2 Å². The van der Waals surface area contributed by atoms with Crippen molar-refractivity contribution in [1.82, 2.24) is 9.97 Å². The number of thiazole rings is 1. The van der Waals surface area contributed by atoms with Gasteiger partial charge in [0.25, 0.3) is 0 Å². The van der Waals surface area contributed by atoms with Gasteiger partial charge in [0.1, 0.15) is 10.7 Å². The molecule has 33 heavy (non-hydrogen) atoms. The van der Waals surface area contributed by atoms with E-state index in [1.165, 1.54) is 29.2 Å². The molecule has 1 aliphatic carbocycles. The summed E-state index contributed by atoms with van der Waals surface area (Å²) in [6.07, 6.45) is -1.74. The normalized spacial score (nSPS) is 20.5. The van der Waals surface area contributed by atoms with Crippen LogP contribution < -0.4 is 0 Å². The average Bonchev–Trinajstić information content (AvgIpc) is 3.23. The Morgan fingerprint density at radius 3 is 2.15 bits per heavy atom. The molecule has 0 radical (unpaired) electrons. The number of nitrogens with zero attached hydrogens (tertiary/aromatic N) is 2. The maximum Gasteiger partial charge on any atom is 0.433 e. The monoisotopic (exact) mass is 466 g/mol. The lowest BCUT2D eigenvalue weighted by Gasteiger charge is -2.41. The van der Waals surface area contributed by atoms with Crippen LogP contribution in [0.3, 0.4) is 0 Å². The standard InChI is InChI=1S/C26H21F3N2OS/c1-25(32)13-20(14-25)16-7-9-17(10-8-16)22-23(18-5-3-2-4-6-18)33-24(31-22)19-11-12-21(30-15-19)26(27,28)29/h2-12,15,20,32H,13-14H2,1H3/t20-,25+. The van der Waals surface area contributed by atoms with Crippen LogP contribution in [-0.2, 0) is 6.18 Å². The van der Waals surface area contributed by atoms with E-state index in [2.05, 4.69) is 17.1 Å². The van der Waals surface area contributed by atoms with Crippen molar-refractivity contribution in [2.45, 2.75) is 37.5 Å². The van der Waals surface area contributed by atoms with Crippen molar-refractivity contribution in [3.63, 3.8) is 0 Å². The van der Waals surface area contributed by atoms with Crippen LogP contribution in [0.5, 0.6) is 0 Å². The first kappa shape index (κ1) is 21.8. The van der Waals surface area contributed by atoms with Crippen LogP contribution >= 0.6 is 11.3 Å². The second-order valence-corrected chi connectivity index (χ2v) is 9.72. The zero-order valence-corrected chi connectivity index (χ0v) is 18.6. The van der Waals surface area contributed by atoms with Crippen molar-refractivity contribution in [2.75, 3.05) is 0 Å². The van der Waals surface area contributed by atoms with Crippen LogP contribution in [0.1, 0.15) is 36.9 Å². The second-order valence-electron chi connectivity index (χ2n) is 8.72. The molecule has 168 valence electrons. The molecule has 1 aliphatic rings. The van der Waals surface area contributed by atoms with Gasteiger partial charge in [-0.3, -0.25) is 4.98 Å². The maximum atomic E-state index is 12.9. The van der Waals surface area contributed by atoms with Gasteiger partial charge in [-0.2, -0.15) is 13.2 Å². The van der Waals surface area contributed by atoms with Crippen LogP contribution in [0, 0.1) is 0 Å². The maximum absolute atomic E-state index is 12.9. The number of pyridine rings is 1. The summed E-state index contributed by atoms with van der Waals surface area (Å²) in [6, 6.07) is 20.4. The third-order valence-corrected chi connectivity index (χ3v) is 7.15. The fourth-order valence-electron chi connectivity index (χ4n) is 4.26. The van der Waals surface area contributed by atoms with E-state index in [9.17, 15) is 18.3 Å². The molecule has 0 spiro atoms. The molecule has 1 saturated carbocycles.